The predicted molar refractivity (Wildman–Crippen MR) is 87.5 cm³/mol. The second-order valence-corrected chi connectivity index (χ2v) is 6.16. The summed E-state index contributed by atoms with van der Waals surface area (Å²) >= 11 is 0. The Labute approximate surface area is 137 Å². The highest BCUT2D eigenvalue weighted by atomic mass is 16.7. The van der Waals surface area contributed by atoms with Crippen molar-refractivity contribution in [1.29, 1.82) is 0 Å². The molecule has 1 rings (SSSR count). The van der Waals surface area contributed by atoms with E-state index in [4.69, 9.17) is 9.57 Å². The molecule has 6 heteroatoms. The number of hydrogen-bond donors (Lipinski definition) is 1. The van der Waals surface area contributed by atoms with E-state index in [1.807, 2.05) is 51.1 Å². The summed E-state index contributed by atoms with van der Waals surface area (Å²) < 4.78 is 5.14. The lowest BCUT2D eigenvalue weighted by atomic mass is 10.2. The van der Waals surface area contributed by atoms with Gasteiger partial charge in [0.25, 0.3) is 0 Å². The Balaban J connectivity index is 2.28. The average molecular weight is 322 g/mol. The van der Waals surface area contributed by atoms with Crippen LogP contribution in [-0.4, -0.2) is 35.8 Å². The van der Waals surface area contributed by atoms with Crippen molar-refractivity contribution in [1.82, 2.24) is 10.4 Å². The standard InChI is InChI=1S/C17H26N2O4/c1-14(20)19(22-13-15-9-6-5-7-10-15)12-8-11-18-16(21)23-17(2,3)4/h5-7,9-10H,8,11-13H2,1-4H3,(H,18,21). The molecule has 0 bridgehead atoms. The molecule has 0 heterocycles. The van der Waals surface area contributed by atoms with Gasteiger partial charge in [-0.25, -0.2) is 9.86 Å². The monoisotopic (exact) mass is 322 g/mol. The fraction of sp³-hybridized carbons (Fsp3) is 0.529. The van der Waals surface area contributed by atoms with E-state index in [0.717, 1.165) is 5.56 Å². The van der Waals surface area contributed by atoms with Gasteiger partial charge in [-0.15, -0.1) is 0 Å². The molecule has 0 saturated carbocycles. The molecule has 6 nitrogen and oxygen atoms in total. The smallest absolute Gasteiger partial charge is 0.407 e. The molecule has 0 fully saturated rings. The van der Waals surface area contributed by atoms with Gasteiger partial charge in [0.2, 0.25) is 5.91 Å². The molecule has 0 saturated heterocycles. The van der Waals surface area contributed by atoms with Gasteiger partial charge in [-0.1, -0.05) is 30.3 Å². The zero-order valence-corrected chi connectivity index (χ0v) is 14.3. The number of nitrogens with one attached hydrogen (secondary N) is 1. The number of carbonyl (C=O) groups is 2. The lowest BCUT2D eigenvalue weighted by molar-refractivity contribution is -0.189. The summed E-state index contributed by atoms with van der Waals surface area (Å²) in [6.07, 6.45) is 0.116. The number of carbonyl (C=O) groups excluding carboxylic acids is 2. The quantitative estimate of drug-likeness (QED) is 0.619. The van der Waals surface area contributed by atoms with Crippen LogP contribution in [0, 0.1) is 0 Å². The minimum Gasteiger partial charge on any atom is -0.444 e. The molecular formula is C17H26N2O4. The summed E-state index contributed by atoms with van der Waals surface area (Å²) in [5.41, 5.74) is 0.472. The van der Waals surface area contributed by atoms with Crippen LogP contribution in [0.15, 0.2) is 30.3 Å². The number of ether oxygens (including phenoxy) is 1. The third kappa shape index (κ3) is 8.83. The Bertz CT molecular complexity index is 497. The topological polar surface area (TPSA) is 67.9 Å². The Kier molecular flexibility index (Phi) is 7.54. The molecule has 128 valence electrons. The highest BCUT2D eigenvalue weighted by Gasteiger charge is 2.16. The average Bonchev–Trinajstić information content (AvgIpc) is 2.45. The number of alkyl carbamates (subject to hydrolysis) is 1. The van der Waals surface area contributed by atoms with Crippen molar-refractivity contribution in [2.75, 3.05) is 13.1 Å². The highest BCUT2D eigenvalue weighted by Crippen LogP contribution is 2.07. The molecule has 0 aliphatic carbocycles. The van der Waals surface area contributed by atoms with Crippen LogP contribution in [0.1, 0.15) is 39.7 Å². The van der Waals surface area contributed by atoms with E-state index in [2.05, 4.69) is 5.32 Å². The van der Waals surface area contributed by atoms with Gasteiger partial charge in [-0.05, 0) is 32.8 Å². The number of amides is 2. The Morgan fingerprint density at radius 2 is 1.83 bits per heavy atom. The molecule has 0 aliphatic rings. The SMILES string of the molecule is CC(=O)N(CCCNC(=O)OC(C)(C)C)OCc1ccccc1. The molecule has 1 aromatic rings. The third-order valence-electron chi connectivity index (χ3n) is 2.79. The number of benzene rings is 1. The maximum absolute atomic E-state index is 11.6. The van der Waals surface area contributed by atoms with Crippen LogP contribution in [0.4, 0.5) is 4.79 Å². The summed E-state index contributed by atoms with van der Waals surface area (Å²) in [4.78, 5) is 28.6. The van der Waals surface area contributed by atoms with Crippen molar-refractivity contribution in [3.05, 3.63) is 35.9 Å². The number of rotatable bonds is 7. The van der Waals surface area contributed by atoms with Crippen molar-refractivity contribution in [2.45, 2.75) is 46.3 Å². The summed E-state index contributed by atoms with van der Waals surface area (Å²) in [5, 5.41) is 3.96. The molecule has 0 atom stereocenters. The van der Waals surface area contributed by atoms with Gasteiger partial charge in [-0.2, -0.15) is 0 Å². The Hall–Kier alpha value is -2.08. The first-order valence-corrected chi connectivity index (χ1v) is 7.70. The number of nitrogens with zero attached hydrogens (tertiary/aromatic N) is 1. The summed E-state index contributed by atoms with van der Waals surface area (Å²) in [5.74, 6) is -0.168. The van der Waals surface area contributed by atoms with Crippen LogP contribution in [0.3, 0.4) is 0 Å². The summed E-state index contributed by atoms with van der Waals surface area (Å²) in [6.45, 7) is 8.02. The molecule has 0 aliphatic heterocycles. The van der Waals surface area contributed by atoms with Crippen LogP contribution in [-0.2, 0) is 21.0 Å². The largest absolute Gasteiger partial charge is 0.444 e. The summed E-state index contributed by atoms with van der Waals surface area (Å²) in [7, 11) is 0. The van der Waals surface area contributed by atoms with Crippen molar-refractivity contribution in [3.8, 4) is 0 Å². The number of hydrogen-bond acceptors (Lipinski definition) is 4. The van der Waals surface area contributed by atoms with Crippen molar-refractivity contribution < 1.29 is 19.2 Å². The van der Waals surface area contributed by atoms with E-state index in [9.17, 15) is 9.59 Å². The van der Waals surface area contributed by atoms with Crippen LogP contribution >= 0.6 is 0 Å². The molecule has 0 unspecified atom stereocenters. The van der Waals surface area contributed by atoms with Crippen molar-refractivity contribution in [3.63, 3.8) is 0 Å². The zero-order chi connectivity index (χ0) is 17.3. The van der Waals surface area contributed by atoms with E-state index < -0.39 is 11.7 Å². The molecule has 23 heavy (non-hydrogen) atoms. The maximum atomic E-state index is 11.6. The van der Waals surface area contributed by atoms with Gasteiger partial charge in [0.1, 0.15) is 12.2 Å². The normalized spacial score (nSPS) is 11.0. The van der Waals surface area contributed by atoms with E-state index in [1.54, 1.807) is 0 Å². The zero-order valence-electron chi connectivity index (χ0n) is 14.3. The third-order valence-corrected chi connectivity index (χ3v) is 2.79. The number of hydroxylamine groups is 2. The van der Waals surface area contributed by atoms with Gasteiger partial charge in [0.05, 0.1) is 6.54 Å². The maximum Gasteiger partial charge on any atom is 0.407 e. The van der Waals surface area contributed by atoms with Crippen LogP contribution in [0.2, 0.25) is 0 Å². The predicted octanol–water partition coefficient (Wildman–Crippen LogP) is 2.88. The van der Waals surface area contributed by atoms with Crippen molar-refractivity contribution in [2.24, 2.45) is 0 Å². The molecule has 1 N–H and O–H groups in total. The molecule has 0 spiro atoms. The van der Waals surface area contributed by atoms with Gasteiger partial charge >= 0.3 is 6.09 Å². The molecule has 2 amide bonds. The second-order valence-electron chi connectivity index (χ2n) is 6.16. The van der Waals surface area contributed by atoms with E-state index in [-0.39, 0.29) is 5.91 Å². The Morgan fingerprint density at radius 3 is 2.39 bits per heavy atom. The lowest BCUT2D eigenvalue weighted by Crippen LogP contribution is -2.35. The first kappa shape index (κ1) is 19.0. The van der Waals surface area contributed by atoms with Crippen LogP contribution < -0.4 is 5.32 Å². The van der Waals surface area contributed by atoms with Gasteiger partial charge in [0.15, 0.2) is 0 Å². The van der Waals surface area contributed by atoms with Gasteiger partial charge < -0.3 is 10.1 Å². The fourth-order valence-corrected chi connectivity index (χ4v) is 1.77. The minimum absolute atomic E-state index is 0.168. The lowest BCUT2D eigenvalue weighted by Gasteiger charge is -2.21. The first-order valence-electron chi connectivity index (χ1n) is 7.70. The molecule has 0 aromatic heterocycles. The molecule has 0 radical (unpaired) electrons. The van der Waals surface area contributed by atoms with E-state index in [1.165, 1.54) is 12.0 Å². The van der Waals surface area contributed by atoms with Gasteiger partial charge in [0, 0.05) is 13.5 Å². The summed E-state index contributed by atoms with van der Waals surface area (Å²) in [6, 6.07) is 9.63. The van der Waals surface area contributed by atoms with Crippen molar-refractivity contribution >= 4 is 12.0 Å². The van der Waals surface area contributed by atoms with Crippen LogP contribution in [0.5, 0.6) is 0 Å². The molecule has 1 aromatic carbocycles. The minimum atomic E-state index is -0.520. The second kappa shape index (κ2) is 9.15. The van der Waals surface area contributed by atoms with Gasteiger partial charge in [-0.3, -0.25) is 9.63 Å². The fourth-order valence-electron chi connectivity index (χ4n) is 1.77. The highest BCUT2D eigenvalue weighted by molar-refractivity contribution is 5.72. The Morgan fingerprint density at radius 1 is 1.17 bits per heavy atom. The first-order chi connectivity index (χ1) is 10.8. The van der Waals surface area contributed by atoms with E-state index in [0.29, 0.717) is 26.1 Å². The van der Waals surface area contributed by atoms with Crippen LogP contribution in [0.25, 0.3) is 0 Å². The molecular weight excluding hydrogens is 296 g/mol. The van der Waals surface area contributed by atoms with E-state index >= 15 is 0 Å².